The van der Waals surface area contributed by atoms with E-state index in [0.717, 1.165) is 0 Å². The van der Waals surface area contributed by atoms with Crippen molar-refractivity contribution in [2.45, 2.75) is 25.9 Å². The fourth-order valence-electron chi connectivity index (χ4n) is 0.439. The topological polar surface area (TPSA) is 0 Å². The average Bonchev–Trinajstić information content (AvgIpc) is 1.30. The summed E-state index contributed by atoms with van der Waals surface area (Å²) in [6.07, 6.45) is 1.28. The molecule has 0 aliphatic heterocycles. The normalized spacial score (nSPS) is 12.0. The zero-order valence-electron chi connectivity index (χ0n) is 4.67. The van der Waals surface area contributed by atoms with E-state index in [2.05, 4.69) is 44.1 Å². The molecule has 0 rings (SSSR count). The Bertz CT molecular complexity index is 48.1. The van der Waals surface area contributed by atoms with Crippen molar-refractivity contribution < 1.29 is 0 Å². The van der Waals surface area contributed by atoms with Crippen LogP contribution in [-0.2, 0) is 0 Å². The van der Waals surface area contributed by atoms with E-state index in [0.29, 0.717) is 0 Å². The van der Waals surface area contributed by atoms with Crippen LogP contribution in [0.25, 0.3) is 0 Å². The molecule has 0 aromatic heterocycles. The van der Waals surface area contributed by atoms with E-state index in [9.17, 15) is 0 Å². The number of halogens is 2. The lowest BCUT2D eigenvalue weighted by Crippen LogP contribution is -2.08. The monoisotopic (exact) mass is 244 g/mol. The van der Waals surface area contributed by atoms with Crippen LogP contribution < -0.4 is 0 Å². The summed E-state index contributed by atoms with van der Waals surface area (Å²) in [7, 11) is 0. The van der Waals surface area contributed by atoms with E-state index < -0.39 is 5.31 Å². The van der Waals surface area contributed by atoms with Crippen molar-refractivity contribution in [2.75, 3.05) is 0 Å². The summed E-state index contributed by atoms with van der Waals surface area (Å²) in [5.74, 6) is 0. The smallest absolute Gasteiger partial charge is 0.111 e. The molecule has 0 aromatic rings. The molecule has 0 unspecified atom stereocenters. The van der Waals surface area contributed by atoms with Crippen molar-refractivity contribution in [1.29, 1.82) is 0 Å². The highest BCUT2D eigenvalue weighted by Gasteiger charge is 2.15. The van der Waals surface area contributed by atoms with Gasteiger partial charge in [-0.3, -0.25) is 0 Å². The van der Waals surface area contributed by atoms with Crippen molar-refractivity contribution in [2.24, 2.45) is 0 Å². The van der Waals surface area contributed by atoms with E-state index in [-0.39, 0.29) is 0 Å². The Morgan fingerprint density at radius 2 is 1.86 bits per heavy atom. The van der Waals surface area contributed by atoms with Crippen LogP contribution in [0.4, 0.5) is 0 Å². The molecule has 0 N–H and O–H groups in total. The highest BCUT2D eigenvalue weighted by atomic mass is 79.9. The molecule has 0 amide bonds. The van der Waals surface area contributed by atoms with Gasteiger partial charge >= 0.3 is 0 Å². The lowest BCUT2D eigenvalue weighted by molar-refractivity contribution is 1.07. The van der Waals surface area contributed by atoms with Crippen LogP contribution in [0.15, 0.2) is 0 Å². The van der Waals surface area contributed by atoms with Gasteiger partial charge in [-0.15, -0.1) is 30.6 Å². The molecular weight excluding hydrogens is 236 g/mol. The second kappa shape index (κ2) is 3.25. The number of rotatable bonds is 2. The Balaban J connectivity index is 3.15. The van der Waals surface area contributed by atoms with Gasteiger partial charge in [-0.2, -0.15) is 0 Å². The maximum absolute atomic E-state index is 3.59. The van der Waals surface area contributed by atoms with Crippen LogP contribution in [0.1, 0.15) is 13.3 Å². The molecule has 0 fully saturated rings. The van der Waals surface area contributed by atoms with Crippen LogP contribution in [0.3, 0.4) is 0 Å². The molecule has 0 atom stereocenters. The lowest BCUT2D eigenvalue weighted by Gasteiger charge is -2.06. The van der Waals surface area contributed by atoms with Gasteiger partial charge < -0.3 is 0 Å². The van der Waals surface area contributed by atoms with Gasteiger partial charge in [0.2, 0.25) is 0 Å². The van der Waals surface area contributed by atoms with E-state index in [1.807, 2.05) is 0 Å². The Morgan fingerprint density at radius 1 is 1.43 bits per heavy atom. The molecule has 0 spiro atoms. The molecule has 0 aliphatic carbocycles. The third-order valence-electron chi connectivity index (χ3n) is 0.689. The predicted octanol–water partition coefficient (Wildman–Crippen LogP) is 3.26. The average molecular weight is 246 g/mol. The molecule has 0 bridgehead atoms. The highest BCUT2D eigenvalue weighted by Crippen LogP contribution is 2.25. The van der Waals surface area contributed by atoms with Crippen molar-refractivity contribution in [3.63, 3.8) is 0 Å². The minimum absolute atomic E-state index is 1.03. The molecule has 0 saturated heterocycles. The van der Waals surface area contributed by atoms with Crippen molar-refractivity contribution in [3.05, 3.63) is 0 Å². The van der Waals surface area contributed by atoms with E-state index in [1.54, 1.807) is 0 Å². The number of hydrogen-bond acceptors (Lipinski definition) is 0. The highest BCUT2D eigenvalue weighted by molar-refractivity contribution is 9.51. The Hall–Kier alpha value is 1.18. The fourth-order valence-corrected chi connectivity index (χ4v) is 3.70. The van der Waals surface area contributed by atoms with Gasteiger partial charge in [0.1, 0.15) is 0 Å². The molecule has 0 radical (unpaired) electrons. The summed E-state index contributed by atoms with van der Waals surface area (Å²) in [5.41, 5.74) is 0. The van der Waals surface area contributed by atoms with Crippen molar-refractivity contribution in [3.8, 4) is 0 Å². The van der Waals surface area contributed by atoms with Crippen LogP contribution in [0.2, 0.25) is 12.6 Å². The Labute approximate surface area is 61.8 Å². The quantitative estimate of drug-likeness (QED) is 0.518. The first-order valence-electron chi connectivity index (χ1n) is 2.44. The van der Waals surface area contributed by atoms with Crippen LogP contribution in [0.5, 0.6) is 0 Å². The van der Waals surface area contributed by atoms with Crippen molar-refractivity contribution >= 4 is 35.9 Å². The largest absolute Gasteiger partial charge is 0.198 e. The molecule has 3 heteroatoms. The Morgan fingerprint density at radius 3 is 1.86 bits per heavy atom. The van der Waals surface area contributed by atoms with Gasteiger partial charge in [0.05, 0.1) is 0 Å². The Kier molecular flexibility index (Phi) is 3.80. The summed E-state index contributed by atoms with van der Waals surface area (Å²) in [5, 5.41) is -1.03. The van der Waals surface area contributed by atoms with E-state index in [4.69, 9.17) is 0 Å². The molecule has 0 aliphatic rings. The second-order valence-electron chi connectivity index (χ2n) is 1.82. The number of hydrogen-bond donors (Lipinski definition) is 0. The molecule has 0 nitrogen and oxygen atoms in total. The first-order chi connectivity index (χ1) is 3.06. The first-order valence-corrected chi connectivity index (χ1v) is 9.66. The van der Waals surface area contributed by atoms with E-state index >= 15 is 0 Å². The molecule has 44 valence electrons. The summed E-state index contributed by atoms with van der Waals surface area (Å²) in [6.45, 7) is 4.45. The fraction of sp³-hybridized carbons (Fsp3) is 1.00. The van der Waals surface area contributed by atoms with Gasteiger partial charge in [0.15, 0.2) is 5.31 Å². The molecule has 0 saturated carbocycles. The maximum Gasteiger partial charge on any atom is 0.198 e. The standard InChI is InChI=1S/C4H10Br2Si/c1-3-4-7(2,5)6/h3-4H2,1-2H3. The summed E-state index contributed by atoms with van der Waals surface area (Å²) >= 11 is 7.19. The minimum atomic E-state index is -1.03. The second-order valence-corrected chi connectivity index (χ2v) is 18.2. The first kappa shape index (κ1) is 8.18. The van der Waals surface area contributed by atoms with E-state index in [1.165, 1.54) is 12.5 Å². The minimum Gasteiger partial charge on any atom is -0.111 e. The van der Waals surface area contributed by atoms with Gasteiger partial charge in [-0.25, -0.2) is 0 Å². The van der Waals surface area contributed by atoms with Crippen LogP contribution >= 0.6 is 30.6 Å². The van der Waals surface area contributed by atoms with Crippen LogP contribution in [0, 0.1) is 0 Å². The summed E-state index contributed by atoms with van der Waals surface area (Å²) in [6, 6.07) is 1.31. The summed E-state index contributed by atoms with van der Waals surface area (Å²) in [4.78, 5) is 0. The zero-order valence-corrected chi connectivity index (χ0v) is 8.84. The zero-order chi connectivity index (χ0) is 5.91. The molecule has 7 heavy (non-hydrogen) atoms. The SMILES string of the molecule is CCC[Si](C)(Br)Br. The third-order valence-corrected chi connectivity index (χ3v) is 4.45. The van der Waals surface area contributed by atoms with Gasteiger partial charge in [0.25, 0.3) is 0 Å². The predicted molar refractivity (Wildman–Crippen MR) is 44.6 cm³/mol. The van der Waals surface area contributed by atoms with Gasteiger partial charge in [0, 0.05) is 0 Å². The molecular formula is C4H10Br2Si. The molecule has 0 aromatic carbocycles. The van der Waals surface area contributed by atoms with Crippen molar-refractivity contribution in [1.82, 2.24) is 0 Å². The summed E-state index contributed by atoms with van der Waals surface area (Å²) < 4.78 is 0. The van der Waals surface area contributed by atoms with Gasteiger partial charge in [-0.1, -0.05) is 19.9 Å². The molecule has 0 heterocycles. The van der Waals surface area contributed by atoms with Crippen LogP contribution in [-0.4, -0.2) is 5.31 Å². The van der Waals surface area contributed by atoms with Gasteiger partial charge in [-0.05, 0) is 6.04 Å². The maximum atomic E-state index is 3.59. The lowest BCUT2D eigenvalue weighted by atomic mass is 10.6. The third kappa shape index (κ3) is 7.18.